The third-order valence-corrected chi connectivity index (χ3v) is 3.19. The second kappa shape index (κ2) is 7.00. The summed E-state index contributed by atoms with van der Waals surface area (Å²) in [7, 11) is 0. The minimum absolute atomic E-state index is 0.00520. The van der Waals surface area contributed by atoms with Gasteiger partial charge in [0.05, 0.1) is 0 Å². The summed E-state index contributed by atoms with van der Waals surface area (Å²) in [5.74, 6) is -2.69. The Labute approximate surface area is 140 Å². The average Bonchev–Trinajstić information content (AvgIpc) is 2.61. The van der Waals surface area contributed by atoms with Crippen molar-refractivity contribution in [3.8, 4) is 0 Å². The maximum Gasteiger partial charge on any atom is 0.276 e. The van der Waals surface area contributed by atoms with Gasteiger partial charge >= 0.3 is 0 Å². The lowest BCUT2D eigenvalue weighted by atomic mass is 10.2. The molecule has 8 heteroatoms. The number of aromatic nitrogens is 2. The van der Waals surface area contributed by atoms with E-state index >= 15 is 0 Å². The van der Waals surface area contributed by atoms with Crippen LogP contribution >= 0.6 is 0 Å². The smallest absolute Gasteiger partial charge is 0.276 e. The highest BCUT2D eigenvalue weighted by atomic mass is 19.2. The van der Waals surface area contributed by atoms with Gasteiger partial charge in [0.15, 0.2) is 23.1 Å². The molecular formula is C17H11F3N4O. The molecule has 0 aliphatic heterocycles. The van der Waals surface area contributed by atoms with E-state index in [-0.39, 0.29) is 17.2 Å². The molecule has 0 spiro atoms. The number of carbonyl (C=O) groups excluding carboxylic acids is 1. The molecule has 1 amide bonds. The minimum Gasteiger partial charge on any atom is -0.339 e. The number of amides is 1. The van der Waals surface area contributed by atoms with Crippen LogP contribution in [0.2, 0.25) is 0 Å². The van der Waals surface area contributed by atoms with Gasteiger partial charge in [0.25, 0.3) is 5.91 Å². The maximum absolute atomic E-state index is 13.1. The number of hydrogen-bond acceptors (Lipinski definition) is 4. The molecule has 3 aromatic rings. The van der Waals surface area contributed by atoms with Crippen molar-refractivity contribution in [2.24, 2.45) is 0 Å². The average molecular weight is 344 g/mol. The summed E-state index contributed by atoms with van der Waals surface area (Å²) in [5, 5.41) is 12.9. The van der Waals surface area contributed by atoms with E-state index in [0.29, 0.717) is 11.5 Å². The quantitative estimate of drug-likeness (QED) is 0.753. The Morgan fingerprint density at radius 1 is 0.800 bits per heavy atom. The van der Waals surface area contributed by atoms with Crippen LogP contribution in [0.3, 0.4) is 0 Å². The first-order valence-corrected chi connectivity index (χ1v) is 7.14. The summed E-state index contributed by atoms with van der Waals surface area (Å²) in [5.41, 5.74) is 0.697. The summed E-state index contributed by atoms with van der Waals surface area (Å²) >= 11 is 0. The molecule has 0 unspecified atom stereocenters. The summed E-state index contributed by atoms with van der Waals surface area (Å²) in [4.78, 5) is 12.0. The Morgan fingerprint density at radius 2 is 1.52 bits per heavy atom. The van der Waals surface area contributed by atoms with Crippen LogP contribution in [0, 0.1) is 17.5 Å². The van der Waals surface area contributed by atoms with Crippen molar-refractivity contribution in [2.75, 3.05) is 10.6 Å². The lowest BCUT2D eigenvalue weighted by Gasteiger charge is -2.07. The Morgan fingerprint density at radius 3 is 2.16 bits per heavy atom. The van der Waals surface area contributed by atoms with Crippen LogP contribution in [0.25, 0.3) is 0 Å². The van der Waals surface area contributed by atoms with Crippen molar-refractivity contribution in [3.63, 3.8) is 0 Å². The number of nitrogens with zero attached hydrogens (tertiary/aromatic N) is 2. The monoisotopic (exact) mass is 344 g/mol. The van der Waals surface area contributed by atoms with Crippen LogP contribution in [0.4, 0.5) is 30.4 Å². The number of benzene rings is 2. The van der Waals surface area contributed by atoms with Gasteiger partial charge < -0.3 is 10.6 Å². The number of carbonyl (C=O) groups is 1. The number of rotatable bonds is 4. The highest BCUT2D eigenvalue weighted by Crippen LogP contribution is 2.16. The molecule has 2 aromatic carbocycles. The third-order valence-electron chi connectivity index (χ3n) is 3.19. The van der Waals surface area contributed by atoms with E-state index < -0.39 is 17.5 Å². The van der Waals surface area contributed by atoms with Crippen molar-refractivity contribution in [2.45, 2.75) is 0 Å². The van der Waals surface area contributed by atoms with Crippen molar-refractivity contribution >= 4 is 23.1 Å². The molecule has 3 rings (SSSR count). The van der Waals surface area contributed by atoms with Crippen LogP contribution in [0.1, 0.15) is 10.5 Å². The molecule has 0 atom stereocenters. The summed E-state index contributed by atoms with van der Waals surface area (Å²) < 4.78 is 38.8. The Kier molecular flexibility index (Phi) is 4.60. The summed E-state index contributed by atoms with van der Waals surface area (Å²) in [6.07, 6.45) is 0. The molecule has 0 aliphatic rings. The van der Waals surface area contributed by atoms with Crippen LogP contribution < -0.4 is 10.6 Å². The molecule has 2 N–H and O–H groups in total. The number of halogens is 3. The first-order chi connectivity index (χ1) is 12.0. The maximum atomic E-state index is 13.1. The first-order valence-electron chi connectivity index (χ1n) is 7.14. The zero-order chi connectivity index (χ0) is 17.8. The van der Waals surface area contributed by atoms with Crippen LogP contribution in [-0.4, -0.2) is 16.1 Å². The predicted octanol–water partition coefficient (Wildman–Crippen LogP) is 3.89. The van der Waals surface area contributed by atoms with Crippen molar-refractivity contribution in [1.29, 1.82) is 0 Å². The first kappa shape index (κ1) is 16.4. The van der Waals surface area contributed by atoms with E-state index in [9.17, 15) is 18.0 Å². The third kappa shape index (κ3) is 4.11. The fraction of sp³-hybridized carbons (Fsp3) is 0. The number of hydrogen-bond donors (Lipinski definition) is 2. The fourth-order valence-electron chi connectivity index (χ4n) is 1.97. The normalized spacial score (nSPS) is 10.4. The van der Waals surface area contributed by atoms with Gasteiger partial charge in [0, 0.05) is 17.4 Å². The molecule has 0 bridgehead atoms. The van der Waals surface area contributed by atoms with Gasteiger partial charge in [-0.3, -0.25) is 4.79 Å². The Hall–Kier alpha value is -3.42. The van der Waals surface area contributed by atoms with Gasteiger partial charge in [-0.2, -0.15) is 0 Å². The van der Waals surface area contributed by atoms with E-state index in [1.807, 2.05) is 0 Å². The Balaban J connectivity index is 1.67. The summed E-state index contributed by atoms with van der Waals surface area (Å²) in [6.45, 7) is 0. The molecule has 0 radical (unpaired) electrons. The lowest BCUT2D eigenvalue weighted by molar-refractivity contribution is 0.102. The minimum atomic E-state index is -1.07. The van der Waals surface area contributed by atoms with Gasteiger partial charge in [-0.25, -0.2) is 13.2 Å². The number of anilines is 3. The van der Waals surface area contributed by atoms with Gasteiger partial charge in [-0.15, -0.1) is 10.2 Å². The molecule has 126 valence electrons. The van der Waals surface area contributed by atoms with E-state index in [1.165, 1.54) is 42.5 Å². The van der Waals surface area contributed by atoms with Crippen LogP contribution in [0.5, 0.6) is 0 Å². The lowest BCUT2D eigenvalue weighted by Crippen LogP contribution is -2.14. The van der Waals surface area contributed by atoms with Crippen molar-refractivity contribution in [1.82, 2.24) is 10.2 Å². The van der Waals surface area contributed by atoms with Crippen molar-refractivity contribution < 1.29 is 18.0 Å². The van der Waals surface area contributed by atoms with Gasteiger partial charge in [-0.1, -0.05) is 0 Å². The molecular weight excluding hydrogens is 333 g/mol. The van der Waals surface area contributed by atoms with Crippen LogP contribution in [-0.2, 0) is 0 Å². The van der Waals surface area contributed by atoms with E-state index in [0.717, 1.165) is 12.1 Å². The molecule has 0 saturated heterocycles. The highest BCUT2D eigenvalue weighted by Gasteiger charge is 2.10. The molecule has 1 heterocycles. The van der Waals surface area contributed by atoms with E-state index in [1.54, 1.807) is 0 Å². The van der Waals surface area contributed by atoms with Gasteiger partial charge in [-0.05, 0) is 48.5 Å². The fourth-order valence-corrected chi connectivity index (χ4v) is 1.97. The van der Waals surface area contributed by atoms with E-state index in [4.69, 9.17) is 0 Å². The molecule has 25 heavy (non-hydrogen) atoms. The van der Waals surface area contributed by atoms with E-state index in [2.05, 4.69) is 20.8 Å². The molecule has 0 aliphatic carbocycles. The standard InChI is InChI=1S/C17H11F3N4O/c18-10-1-3-11(4-2-10)21-16-8-7-15(23-24-16)17(25)22-12-5-6-13(19)14(20)9-12/h1-9H,(H,21,24)(H,22,25). The largest absolute Gasteiger partial charge is 0.339 e. The zero-order valence-corrected chi connectivity index (χ0v) is 12.6. The molecule has 0 saturated carbocycles. The SMILES string of the molecule is O=C(Nc1ccc(F)c(F)c1)c1ccc(Nc2ccc(F)cc2)nn1. The van der Waals surface area contributed by atoms with Gasteiger partial charge in [0.2, 0.25) is 0 Å². The summed E-state index contributed by atoms with van der Waals surface area (Å²) in [6, 6.07) is 11.6. The Bertz CT molecular complexity index is 899. The second-order valence-electron chi connectivity index (χ2n) is 5.02. The number of nitrogens with one attached hydrogen (secondary N) is 2. The van der Waals surface area contributed by atoms with Crippen LogP contribution in [0.15, 0.2) is 54.6 Å². The highest BCUT2D eigenvalue weighted by molar-refractivity contribution is 6.02. The zero-order valence-electron chi connectivity index (χ0n) is 12.6. The van der Waals surface area contributed by atoms with Crippen molar-refractivity contribution in [3.05, 3.63) is 77.7 Å². The predicted molar refractivity (Wildman–Crippen MR) is 86.0 cm³/mol. The second-order valence-corrected chi connectivity index (χ2v) is 5.02. The molecule has 0 fully saturated rings. The topological polar surface area (TPSA) is 66.9 Å². The van der Waals surface area contributed by atoms with Gasteiger partial charge in [0.1, 0.15) is 5.82 Å². The molecule has 5 nitrogen and oxygen atoms in total. The molecule has 1 aromatic heterocycles.